The topological polar surface area (TPSA) is 110 Å². The molecule has 0 bridgehead atoms. The number of aromatic nitrogens is 4. The minimum Gasteiger partial charge on any atom is -0.354 e. The molecular weight excluding hydrogens is 479 g/mol. The lowest BCUT2D eigenvalue weighted by atomic mass is 10.2. The van der Waals surface area contributed by atoms with E-state index in [1.165, 1.54) is 30.0 Å². The first-order valence-corrected chi connectivity index (χ1v) is 12.0. The SMILES string of the molecule is Cc1ccccc1-n1nnnc1SCC(=O)NCCN1C(=O)S/C(=C\c2ccccc2F)C1=O. The van der Waals surface area contributed by atoms with Gasteiger partial charge in [-0.15, -0.1) is 5.10 Å². The highest BCUT2D eigenvalue weighted by atomic mass is 32.2. The molecule has 0 spiro atoms. The highest BCUT2D eigenvalue weighted by Crippen LogP contribution is 2.32. The van der Waals surface area contributed by atoms with Gasteiger partial charge in [0.05, 0.1) is 16.3 Å². The Morgan fingerprint density at radius 2 is 1.94 bits per heavy atom. The fourth-order valence-electron chi connectivity index (χ4n) is 3.14. The number of imide groups is 1. The van der Waals surface area contributed by atoms with E-state index in [2.05, 4.69) is 20.8 Å². The Kier molecular flexibility index (Phi) is 7.38. The van der Waals surface area contributed by atoms with E-state index in [1.54, 1.807) is 16.8 Å². The van der Waals surface area contributed by atoms with Gasteiger partial charge in [0.25, 0.3) is 11.1 Å². The van der Waals surface area contributed by atoms with Gasteiger partial charge in [0.15, 0.2) is 0 Å². The number of tetrazole rings is 1. The maximum absolute atomic E-state index is 13.8. The summed E-state index contributed by atoms with van der Waals surface area (Å²) >= 11 is 1.91. The van der Waals surface area contributed by atoms with E-state index in [0.29, 0.717) is 5.16 Å². The Bertz CT molecular complexity index is 1280. The van der Waals surface area contributed by atoms with Crippen molar-refractivity contribution in [3.63, 3.8) is 0 Å². The quantitative estimate of drug-likeness (QED) is 0.373. The Morgan fingerprint density at radius 1 is 1.18 bits per heavy atom. The van der Waals surface area contributed by atoms with E-state index in [-0.39, 0.29) is 35.2 Å². The molecule has 9 nitrogen and oxygen atoms in total. The zero-order valence-corrected chi connectivity index (χ0v) is 19.6. The molecule has 3 amide bonds. The first-order valence-electron chi connectivity index (χ1n) is 10.2. The number of amides is 3. The third-order valence-corrected chi connectivity index (χ3v) is 6.67. The molecule has 1 N–H and O–H groups in total. The average Bonchev–Trinajstić information content (AvgIpc) is 3.39. The summed E-state index contributed by atoms with van der Waals surface area (Å²) in [6.45, 7) is 2.04. The van der Waals surface area contributed by atoms with Gasteiger partial charge in [-0.25, -0.2) is 4.39 Å². The lowest BCUT2D eigenvalue weighted by Crippen LogP contribution is -2.37. The van der Waals surface area contributed by atoms with Gasteiger partial charge in [-0.05, 0) is 52.9 Å². The molecule has 1 aliphatic heterocycles. The summed E-state index contributed by atoms with van der Waals surface area (Å²) in [7, 11) is 0. The van der Waals surface area contributed by atoms with E-state index in [9.17, 15) is 18.8 Å². The number of rotatable bonds is 8. The van der Waals surface area contributed by atoms with E-state index in [4.69, 9.17) is 0 Å². The van der Waals surface area contributed by atoms with Crippen LogP contribution in [0, 0.1) is 12.7 Å². The van der Waals surface area contributed by atoms with Crippen LogP contribution in [-0.4, -0.2) is 61.0 Å². The number of thioether (sulfide) groups is 2. The van der Waals surface area contributed by atoms with Crippen molar-refractivity contribution in [2.75, 3.05) is 18.8 Å². The Labute approximate surface area is 202 Å². The van der Waals surface area contributed by atoms with Crippen LogP contribution < -0.4 is 5.32 Å². The summed E-state index contributed by atoms with van der Waals surface area (Å²) in [5.74, 6) is -1.23. The van der Waals surface area contributed by atoms with Crippen molar-refractivity contribution in [3.8, 4) is 5.69 Å². The molecule has 0 aliphatic carbocycles. The minimum atomic E-state index is -0.515. The number of halogens is 1. The normalized spacial score (nSPS) is 14.8. The zero-order valence-electron chi connectivity index (χ0n) is 18.0. The van der Waals surface area contributed by atoms with E-state index >= 15 is 0 Å². The number of para-hydroxylation sites is 1. The van der Waals surface area contributed by atoms with Crippen LogP contribution in [0.3, 0.4) is 0 Å². The smallest absolute Gasteiger partial charge is 0.293 e. The van der Waals surface area contributed by atoms with Crippen molar-refractivity contribution < 1.29 is 18.8 Å². The molecule has 0 atom stereocenters. The highest BCUT2D eigenvalue weighted by Gasteiger charge is 2.34. The zero-order chi connectivity index (χ0) is 24.1. The number of aryl methyl sites for hydroxylation is 1. The van der Waals surface area contributed by atoms with E-state index in [0.717, 1.165) is 27.9 Å². The van der Waals surface area contributed by atoms with Gasteiger partial charge in [-0.1, -0.05) is 48.2 Å². The predicted molar refractivity (Wildman–Crippen MR) is 127 cm³/mol. The molecule has 2 heterocycles. The van der Waals surface area contributed by atoms with Gasteiger partial charge < -0.3 is 5.32 Å². The van der Waals surface area contributed by atoms with Crippen LogP contribution >= 0.6 is 23.5 Å². The maximum Gasteiger partial charge on any atom is 0.293 e. The summed E-state index contributed by atoms with van der Waals surface area (Å²) in [4.78, 5) is 38.2. The van der Waals surface area contributed by atoms with Crippen LogP contribution in [0.5, 0.6) is 0 Å². The van der Waals surface area contributed by atoms with Crippen LogP contribution in [0.4, 0.5) is 9.18 Å². The van der Waals surface area contributed by atoms with Gasteiger partial charge in [0.2, 0.25) is 11.1 Å². The molecule has 1 fully saturated rings. The van der Waals surface area contributed by atoms with Gasteiger partial charge in [0.1, 0.15) is 5.82 Å². The number of hydrogen-bond donors (Lipinski definition) is 1. The molecule has 1 aromatic heterocycles. The average molecular weight is 499 g/mol. The second-order valence-corrected chi connectivity index (χ2v) is 9.09. The molecule has 1 saturated heterocycles. The van der Waals surface area contributed by atoms with Crippen LogP contribution in [0.1, 0.15) is 11.1 Å². The van der Waals surface area contributed by atoms with Crippen molar-refractivity contribution in [1.82, 2.24) is 30.4 Å². The number of benzene rings is 2. The summed E-state index contributed by atoms with van der Waals surface area (Å²) in [5, 5.41) is 14.3. The summed E-state index contributed by atoms with van der Waals surface area (Å²) < 4.78 is 15.4. The summed E-state index contributed by atoms with van der Waals surface area (Å²) in [6.07, 6.45) is 1.36. The third kappa shape index (κ3) is 5.34. The van der Waals surface area contributed by atoms with Crippen LogP contribution in [0.2, 0.25) is 0 Å². The fraction of sp³-hybridized carbons (Fsp3) is 0.182. The Balaban J connectivity index is 1.28. The number of hydrogen-bond acceptors (Lipinski definition) is 8. The molecule has 34 heavy (non-hydrogen) atoms. The fourth-order valence-corrected chi connectivity index (χ4v) is 4.71. The lowest BCUT2D eigenvalue weighted by Gasteiger charge is -2.13. The van der Waals surface area contributed by atoms with Gasteiger partial charge >= 0.3 is 0 Å². The van der Waals surface area contributed by atoms with Crippen molar-refractivity contribution in [1.29, 1.82) is 0 Å². The molecule has 12 heteroatoms. The number of carbonyl (C=O) groups is 3. The van der Waals surface area contributed by atoms with Crippen molar-refractivity contribution in [3.05, 3.63) is 70.4 Å². The van der Waals surface area contributed by atoms with Gasteiger partial charge in [-0.2, -0.15) is 4.68 Å². The van der Waals surface area contributed by atoms with Gasteiger partial charge in [-0.3, -0.25) is 19.3 Å². The summed E-state index contributed by atoms with van der Waals surface area (Å²) in [6, 6.07) is 13.6. The third-order valence-electron chi connectivity index (χ3n) is 4.84. The molecule has 174 valence electrons. The summed E-state index contributed by atoms with van der Waals surface area (Å²) in [5.41, 5.74) is 2.03. The van der Waals surface area contributed by atoms with E-state index < -0.39 is 17.0 Å². The first-order chi connectivity index (χ1) is 16.4. The second kappa shape index (κ2) is 10.6. The van der Waals surface area contributed by atoms with Crippen molar-refractivity contribution in [2.24, 2.45) is 0 Å². The van der Waals surface area contributed by atoms with Crippen LogP contribution in [-0.2, 0) is 9.59 Å². The minimum absolute atomic E-state index is 0.0105. The monoisotopic (exact) mass is 498 g/mol. The number of carbonyl (C=O) groups excluding carboxylic acids is 3. The van der Waals surface area contributed by atoms with Gasteiger partial charge in [0, 0.05) is 18.7 Å². The Morgan fingerprint density at radius 3 is 2.74 bits per heavy atom. The molecule has 1 aliphatic rings. The molecule has 0 saturated carbocycles. The molecule has 0 unspecified atom stereocenters. The number of nitrogens with zero attached hydrogens (tertiary/aromatic N) is 5. The molecule has 2 aromatic carbocycles. The van der Waals surface area contributed by atoms with E-state index in [1.807, 2.05) is 31.2 Å². The van der Waals surface area contributed by atoms with Crippen molar-refractivity contribution in [2.45, 2.75) is 12.1 Å². The Hall–Kier alpha value is -3.51. The molecule has 0 radical (unpaired) electrons. The largest absolute Gasteiger partial charge is 0.354 e. The first kappa shape index (κ1) is 23.6. The van der Waals surface area contributed by atoms with Crippen LogP contribution in [0.15, 0.2) is 58.6 Å². The molecular formula is C22H19FN6O3S2. The predicted octanol–water partition coefficient (Wildman–Crippen LogP) is 3.05. The standard InChI is InChI=1S/C22H19FN6O3S2/c1-14-6-2-5-9-17(14)29-21(25-26-27-29)33-13-19(30)24-10-11-28-20(31)18(34-22(28)32)12-15-7-3-4-8-16(15)23/h2-9,12H,10-11,13H2,1H3,(H,24,30)/b18-12-. The molecule has 4 rings (SSSR count). The molecule has 3 aromatic rings. The highest BCUT2D eigenvalue weighted by molar-refractivity contribution is 8.18. The second-order valence-electron chi connectivity index (χ2n) is 7.15. The van der Waals surface area contributed by atoms with Crippen LogP contribution in [0.25, 0.3) is 11.8 Å². The van der Waals surface area contributed by atoms with Crippen molar-refractivity contribution >= 4 is 46.7 Å². The number of nitrogens with one attached hydrogen (secondary N) is 1. The lowest BCUT2D eigenvalue weighted by molar-refractivity contribution is -0.123. The maximum atomic E-state index is 13.8.